The fourth-order valence-corrected chi connectivity index (χ4v) is 4.05. The van der Waals surface area contributed by atoms with Crippen molar-refractivity contribution in [2.45, 2.75) is 12.5 Å². The first kappa shape index (κ1) is 21.0. The molecule has 6 heteroatoms. The molecule has 1 atom stereocenters. The molecule has 156 valence electrons. The number of Topliss-reactive ketones (excluding diaryl/α,β-unsaturated/α-hetero) is 1. The second-order valence-electron chi connectivity index (χ2n) is 7.26. The third-order valence-electron chi connectivity index (χ3n) is 5.34. The molecular weight excluding hydrogens is 461 g/mol. The second kappa shape index (κ2) is 8.86. The number of ketones is 1. The second-order valence-corrected chi connectivity index (χ2v) is 8.17. The molecule has 31 heavy (non-hydrogen) atoms. The summed E-state index contributed by atoms with van der Waals surface area (Å²) in [5.41, 5.74) is 1.44. The summed E-state index contributed by atoms with van der Waals surface area (Å²) < 4.78 is 15.6. The number of aliphatic hydroxyl groups is 1. The fraction of sp³-hybridized carbons (Fsp3) is 0.120. The molecule has 1 amide bonds. The van der Waals surface area contributed by atoms with Crippen molar-refractivity contribution in [3.05, 3.63) is 111 Å². The molecule has 3 aromatic carbocycles. The Bertz CT molecular complexity index is 1160. The van der Waals surface area contributed by atoms with Crippen LogP contribution in [0.2, 0.25) is 0 Å². The minimum atomic E-state index is -1.01. The molecule has 4 rings (SSSR count). The number of hydrogen-bond donors (Lipinski definition) is 1. The minimum absolute atomic E-state index is 0.106. The van der Waals surface area contributed by atoms with Gasteiger partial charge in [0.05, 0.1) is 11.6 Å². The van der Waals surface area contributed by atoms with E-state index in [4.69, 9.17) is 0 Å². The summed E-state index contributed by atoms with van der Waals surface area (Å²) in [6.07, 6.45) is 0.497. The lowest BCUT2D eigenvalue weighted by Gasteiger charge is -2.25. The predicted octanol–water partition coefficient (Wildman–Crippen LogP) is 5.25. The molecule has 4 nitrogen and oxygen atoms in total. The van der Waals surface area contributed by atoms with E-state index in [0.717, 1.165) is 10.0 Å². The molecule has 1 fully saturated rings. The highest BCUT2D eigenvalue weighted by Crippen LogP contribution is 2.40. The Morgan fingerprint density at radius 3 is 2.26 bits per heavy atom. The van der Waals surface area contributed by atoms with E-state index in [1.54, 1.807) is 36.4 Å². The van der Waals surface area contributed by atoms with Gasteiger partial charge in [0, 0.05) is 22.1 Å². The fourth-order valence-electron chi connectivity index (χ4n) is 3.79. The van der Waals surface area contributed by atoms with E-state index >= 15 is 0 Å². The summed E-state index contributed by atoms with van der Waals surface area (Å²) in [6, 6.07) is 21.3. The zero-order valence-corrected chi connectivity index (χ0v) is 18.0. The Morgan fingerprint density at radius 2 is 1.58 bits per heavy atom. The van der Waals surface area contributed by atoms with Crippen molar-refractivity contribution < 1.29 is 19.1 Å². The van der Waals surface area contributed by atoms with Crippen LogP contribution in [0.1, 0.15) is 22.7 Å². The maximum absolute atomic E-state index is 14.8. The standard InChI is InChI=1S/C25H19BrFNO3/c26-18-12-10-17(11-13-18)23(29)21-22(19-8-4-5-9-20(19)27)28(25(31)24(21)30)15-14-16-6-2-1-3-7-16/h1-13,22,29H,14-15H2/b23-21+. The molecule has 1 unspecified atom stereocenters. The predicted molar refractivity (Wildman–Crippen MR) is 120 cm³/mol. The van der Waals surface area contributed by atoms with Crippen LogP contribution in [0.5, 0.6) is 0 Å². The van der Waals surface area contributed by atoms with Crippen LogP contribution in [0.15, 0.2) is 88.9 Å². The van der Waals surface area contributed by atoms with Gasteiger partial charge in [-0.1, -0.05) is 76.6 Å². The average Bonchev–Trinajstić information content (AvgIpc) is 3.03. The van der Waals surface area contributed by atoms with Crippen LogP contribution in [0, 0.1) is 5.82 Å². The number of carbonyl (C=O) groups is 2. The summed E-state index contributed by atoms with van der Waals surface area (Å²) in [4.78, 5) is 27.2. The minimum Gasteiger partial charge on any atom is -0.507 e. The lowest BCUT2D eigenvalue weighted by molar-refractivity contribution is -0.139. The van der Waals surface area contributed by atoms with E-state index in [9.17, 15) is 19.1 Å². The molecule has 0 aliphatic carbocycles. The maximum atomic E-state index is 14.8. The number of benzene rings is 3. The van der Waals surface area contributed by atoms with Crippen LogP contribution < -0.4 is 0 Å². The Labute approximate surface area is 187 Å². The summed E-state index contributed by atoms with van der Waals surface area (Å²) >= 11 is 3.33. The number of rotatable bonds is 5. The largest absolute Gasteiger partial charge is 0.507 e. The molecule has 1 N–H and O–H groups in total. The van der Waals surface area contributed by atoms with Gasteiger partial charge in [0.2, 0.25) is 0 Å². The first-order valence-electron chi connectivity index (χ1n) is 9.80. The highest BCUT2D eigenvalue weighted by molar-refractivity contribution is 9.10. The van der Waals surface area contributed by atoms with Crippen LogP contribution in [-0.2, 0) is 16.0 Å². The van der Waals surface area contributed by atoms with E-state index < -0.39 is 23.5 Å². The number of amides is 1. The topological polar surface area (TPSA) is 57.6 Å². The molecule has 0 aromatic heterocycles. The van der Waals surface area contributed by atoms with E-state index in [2.05, 4.69) is 15.9 Å². The quantitative estimate of drug-likeness (QED) is 0.308. The SMILES string of the molecule is O=C1C(=O)N(CCc2ccccc2)C(c2ccccc2F)/C1=C(\O)c1ccc(Br)cc1. The highest BCUT2D eigenvalue weighted by Gasteiger charge is 2.46. The molecule has 1 saturated heterocycles. The van der Waals surface area contributed by atoms with Gasteiger partial charge >= 0.3 is 0 Å². The summed E-state index contributed by atoms with van der Waals surface area (Å²) in [5.74, 6) is -2.42. The van der Waals surface area contributed by atoms with Crippen molar-refractivity contribution in [3.8, 4) is 0 Å². The molecule has 0 bridgehead atoms. The molecule has 0 saturated carbocycles. The zero-order chi connectivity index (χ0) is 22.0. The van der Waals surface area contributed by atoms with Gasteiger partial charge < -0.3 is 10.0 Å². The summed E-state index contributed by atoms with van der Waals surface area (Å²) in [6.45, 7) is 0.213. The summed E-state index contributed by atoms with van der Waals surface area (Å²) in [7, 11) is 0. The van der Waals surface area contributed by atoms with Crippen LogP contribution in [0.3, 0.4) is 0 Å². The van der Waals surface area contributed by atoms with Crippen molar-refractivity contribution in [3.63, 3.8) is 0 Å². The number of carbonyl (C=O) groups excluding carboxylic acids is 2. The van der Waals surface area contributed by atoms with Crippen molar-refractivity contribution >= 4 is 33.4 Å². The Balaban J connectivity index is 1.80. The Morgan fingerprint density at radius 1 is 0.935 bits per heavy atom. The number of hydrogen-bond acceptors (Lipinski definition) is 3. The number of likely N-dealkylation sites (tertiary alicyclic amines) is 1. The smallest absolute Gasteiger partial charge is 0.295 e. The van der Waals surface area contributed by atoms with Gasteiger partial charge in [0.15, 0.2) is 0 Å². The van der Waals surface area contributed by atoms with Gasteiger partial charge in [-0.3, -0.25) is 9.59 Å². The first-order chi connectivity index (χ1) is 15.0. The lowest BCUT2D eigenvalue weighted by atomic mass is 9.95. The molecule has 1 aliphatic rings. The van der Waals surface area contributed by atoms with Gasteiger partial charge in [0.25, 0.3) is 11.7 Å². The van der Waals surface area contributed by atoms with Crippen LogP contribution in [-0.4, -0.2) is 28.2 Å². The Hall–Kier alpha value is -3.25. The molecule has 0 spiro atoms. The average molecular weight is 480 g/mol. The van der Waals surface area contributed by atoms with E-state index in [-0.39, 0.29) is 23.4 Å². The lowest BCUT2D eigenvalue weighted by Crippen LogP contribution is -2.32. The third-order valence-corrected chi connectivity index (χ3v) is 5.87. The van der Waals surface area contributed by atoms with Gasteiger partial charge in [-0.15, -0.1) is 0 Å². The molecule has 0 radical (unpaired) electrons. The van der Waals surface area contributed by atoms with Crippen molar-refractivity contribution in [2.24, 2.45) is 0 Å². The summed E-state index contributed by atoms with van der Waals surface area (Å²) in [5, 5.41) is 11.0. The zero-order valence-electron chi connectivity index (χ0n) is 16.5. The first-order valence-corrected chi connectivity index (χ1v) is 10.6. The third kappa shape index (κ3) is 4.16. The number of aliphatic hydroxyl groups excluding tert-OH is 1. The van der Waals surface area contributed by atoms with Gasteiger partial charge in [0.1, 0.15) is 11.6 Å². The molecule has 3 aromatic rings. The molecule has 1 heterocycles. The van der Waals surface area contributed by atoms with E-state index in [0.29, 0.717) is 12.0 Å². The van der Waals surface area contributed by atoms with Crippen LogP contribution in [0.4, 0.5) is 4.39 Å². The highest BCUT2D eigenvalue weighted by atomic mass is 79.9. The van der Waals surface area contributed by atoms with Crippen molar-refractivity contribution in [1.82, 2.24) is 4.90 Å². The number of halogens is 2. The van der Waals surface area contributed by atoms with Crippen molar-refractivity contribution in [2.75, 3.05) is 6.54 Å². The van der Waals surface area contributed by atoms with Gasteiger partial charge in [-0.25, -0.2) is 4.39 Å². The van der Waals surface area contributed by atoms with Gasteiger partial charge in [-0.05, 0) is 30.2 Å². The monoisotopic (exact) mass is 479 g/mol. The van der Waals surface area contributed by atoms with Crippen molar-refractivity contribution in [1.29, 1.82) is 0 Å². The van der Waals surface area contributed by atoms with E-state index in [1.807, 2.05) is 30.3 Å². The normalized spacial score (nSPS) is 17.9. The van der Waals surface area contributed by atoms with Gasteiger partial charge in [-0.2, -0.15) is 0 Å². The van der Waals surface area contributed by atoms with Crippen LogP contribution >= 0.6 is 15.9 Å². The van der Waals surface area contributed by atoms with Crippen LogP contribution in [0.25, 0.3) is 5.76 Å². The maximum Gasteiger partial charge on any atom is 0.295 e. The Kier molecular flexibility index (Phi) is 6.00. The van der Waals surface area contributed by atoms with E-state index in [1.165, 1.54) is 17.0 Å². The number of nitrogens with zero attached hydrogens (tertiary/aromatic N) is 1. The molecule has 1 aliphatic heterocycles. The molecular formula is C25H19BrFNO3.